The summed E-state index contributed by atoms with van der Waals surface area (Å²) in [5.41, 5.74) is 16.6. The van der Waals surface area contributed by atoms with Gasteiger partial charge in [0.15, 0.2) is 0 Å². The Labute approximate surface area is 112 Å². The highest BCUT2D eigenvalue weighted by Gasteiger charge is 2.17. The predicted molar refractivity (Wildman–Crippen MR) is 81.7 cm³/mol. The van der Waals surface area contributed by atoms with Crippen LogP contribution in [0.25, 0.3) is 0 Å². The van der Waals surface area contributed by atoms with Gasteiger partial charge >= 0.3 is 0 Å². The molecule has 1 unspecified atom stereocenters. The van der Waals surface area contributed by atoms with E-state index < -0.39 is 0 Å². The van der Waals surface area contributed by atoms with Crippen LogP contribution in [0.4, 0.5) is 11.4 Å². The van der Waals surface area contributed by atoms with Crippen molar-refractivity contribution in [3.8, 4) is 0 Å². The molecule has 2 heteroatoms. The minimum absolute atomic E-state index is 0.428. The highest BCUT2D eigenvalue weighted by Crippen LogP contribution is 2.35. The molecule has 1 rings (SSSR count). The van der Waals surface area contributed by atoms with Gasteiger partial charge in [-0.2, -0.15) is 0 Å². The number of hydrogen-bond acceptors (Lipinski definition) is 2. The summed E-state index contributed by atoms with van der Waals surface area (Å²) < 4.78 is 0. The Morgan fingerprint density at radius 2 is 1.56 bits per heavy atom. The molecule has 2 nitrogen and oxygen atoms in total. The zero-order valence-electron chi connectivity index (χ0n) is 12.5. The first-order valence-corrected chi connectivity index (χ1v) is 6.99. The minimum atomic E-state index is 0.428. The van der Waals surface area contributed by atoms with Gasteiger partial charge in [-0.3, -0.25) is 0 Å². The molecule has 0 saturated heterocycles. The van der Waals surface area contributed by atoms with Crippen LogP contribution in [0.3, 0.4) is 0 Å². The zero-order valence-corrected chi connectivity index (χ0v) is 12.5. The molecule has 0 amide bonds. The highest BCUT2D eigenvalue weighted by molar-refractivity contribution is 5.66. The van der Waals surface area contributed by atoms with Crippen molar-refractivity contribution >= 4 is 11.4 Å². The van der Waals surface area contributed by atoms with Crippen LogP contribution < -0.4 is 11.5 Å². The lowest BCUT2D eigenvalue weighted by molar-refractivity contribution is 0.525. The Morgan fingerprint density at radius 3 is 2.06 bits per heavy atom. The lowest BCUT2D eigenvalue weighted by Gasteiger charge is -2.21. The quantitative estimate of drug-likeness (QED) is 0.767. The number of nitrogen functional groups attached to an aromatic ring is 2. The van der Waals surface area contributed by atoms with E-state index in [-0.39, 0.29) is 0 Å². The van der Waals surface area contributed by atoms with Gasteiger partial charge in [0, 0.05) is 16.9 Å². The van der Waals surface area contributed by atoms with Crippen LogP contribution in [0.15, 0.2) is 12.1 Å². The van der Waals surface area contributed by atoms with E-state index in [0.29, 0.717) is 17.8 Å². The van der Waals surface area contributed by atoms with Crippen molar-refractivity contribution in [2.45, 2.75) is 53.4 Å². The van der Waals surface area contributed by atoms with E-state index in [0.717, 1.165) is 29.8 Å². The number of hydrogen-bond donors (Lipinski definition) is 2. The standard InChI is InChI=1S/C16H28N2/c1-10(2)8-12(5)15-14(17)7-6-13(16(15)18)9-11(3)4/h6-7,10-12H,8-9,17-18H2,1-5H3. The summed E-state index contributed by atoms with van der Waals surface area (Å²) >= 11 is 0. The van der Waals surface area contributed by atoms with Gasteiger partial charge in [0.25, 0.3) is 0 Å². The normalized spacial score (nSPS) is 13.3. The largest absolute Gasteiger partial charge is 0.398 e. The Kier molecular flexibility index (Phi) is 5.06. The molecule has 0 fully saturated rings. The number of anilines is 2. The molecule has 0 heterocycles. The summed E-state index contributed by atoms with van der Waals surface area (Å²) in [4.78, 5) is 0. The molecule has 0 aliphatic heterocycles. The minimum Gasteiger partial charge on any atom is -0.398 e. The molecule has 1 atom stereocenters. The van der Waals surface area contributed by atoms with Gasteiger partial charge in [0.2, 0.25) is 0 Å². The molecule has 4 N–H and O–H groups in total. The second kappa shape index (κ2) is 6.12. The van der Waals surface area contributed by atoms with Crippen molar-refractivity contribution in [1.82, 2.24) is 0 Å². The van der Waals surface area contributed by atoms with Crippen LogP contribution in [-0.2, 0) is 6.42 Å². The Hall–Kier alpha value is -1.18. The van der Waals surface area contributed by atoms with Crippen molar-refractivity contribution in [2.24, 2.45) is 11.8 Å². The molecule has 0 bridgehead atoms. The average molecular weight is 248 g/mol. The lowest BCUT2D eigenvalue weighted by Crippen LogP contribution is -2.10. The van der Waals surface area contributed by atoms with Crippen molar-refractivity contribution < 1.29 is 0 Å². The molecular formula is C16H28N2. The molecule has 18 heavy (non-hydrogen) atoms. The molecule has 0 saturated carbocycles. The Balaban J connectivity index is 3.09. The SMILES string of the molecule is CC(C)Cc1ccc(N)c(C(C)CC(C)C)c1N. The molecule has 0 radical (unpaired) electrons. The third-order valence-corrected chi connectivity index (χ3v) is 3.36. The first-order chi connectivity index (χ1) is 8.32. The van der Waals surface area contributed by atoms with Crippen molar-refractivity contribution in [2.75, 3.05) is 11.5 Å². The van der Waals surface area contributed by atoms with E-state index in [9.17, 15) is 0 Å². The molecule has 1 aromatic carbocycles. The van der Waals surface area contributed by atoms with E-state index >= 15 is 0 Å². The monoisotopic (exact) mass is 248 g/mol. The van der Waals surface area contributed by atoms with Gasteiger partial charge in [-0.1, -0.05) is 40.7 Å². The summed E-state index contributed by atoms with van der Waals surface area (Å²) in [6.07, 6.45) is 2.15. The second-order valence-electron chi connectivity index (χ2n) is 6.27. The summed E-state index contributed by atoms with van der Waals surface area (Å²) in [5.74, 6) is 1.70. The van der Waals surface area contributed by atoms with E-state index in [1.807, 2.05) is 6.07 Å². The molecule has 0 aliphatic carbocycles. The number of benzene rings is 1. The molecule has 0 spiro atoms. The van der Waals surface area contributed by atoms with E-state index in [1.165, 1.54) is 5.56 Å². The van der Waals surface area contributed by atoms with E-state index in [2.05, 4.69) is 40.7 Å². The van der Waals surface area contributed by atoms with Crippen molar-refractivity contribution in [3.05, 3.63) is 23.3 Å². The summed E-state index contributed by atoms with van der Waals surface area (Å²) in [7, 11) is 0. The number of rotatable bonds is 5. The van der Waals surface area contributed by atoms with Crippen molar-refractivity contribution in [1.29, 1.82) is 0 Å². The molecule has 102 valence electrons. The fourth-order valence-corrected chi connectivity index (χ4v) is 2.69. The fourth-order valence-electron chi connectivity index (χ4n) is 2.69. The number of nitrogens with two attached hydrogens (primary N) is 2. The van der Waals surface area contributed by atoms with Crippen LogP contribution in [0.1, 0.15) is 58.1 Å². The molecule has 0 aromatic heterocycles. The van der Waals surface area contributed by atoms with Gasteiger partial charge < -0.3 is 11.5 Å². The van der Waals surface area contributed by atoms with Gasteiger partial charge in [-0.05, 0) is 42.2 Å². The summed E-state index contributed by atoms with van der Waals surface area (Å²) in [5, 5.41) is 0. The van der Waals surface area contributed by atoms with Gasteiger partial charge in [0.05, 0.1) is 0 Å². The molecule has 1 aromatic rings. The fraction of sp³-hybridized carbons (Fsp3) is 0.625. The smallest absolute Gasteiger partial charge is 0.0402 e. The summed E-state index contributed by atoms with van der Waals surface area (Å²) in [6, 6.07) is 4.09. The van der Waals surface area contributed by atoms with Crippen LogP contribution >= 0.6 is 0 Å². The topological polar surface area (TPSA) is 52.0 Å². The lowest BCUT2D eigenvalue weighted by atomic mass is 9.87. The van der Waals surface area contributed by atoms with Gasteiger partial charge in [-0.25, -0.2) is 0 Å². The average Bonchev–Trinajstić information content (AvgIpc) is 2.21. The summed E-state index contributed by atoms with van der Waals surface area (Å²) in [6.45, 7) is 11.1. The first-order valence-electron chi connectivity index (χ1n) is 6.99. The molecular weight excluding hydrogens is 220 g/mol. The highest BCUT2D eigenvalue weighted by atomic mass is 14.6. The van der Waals surface area contributed by atoms with Crippen LogP contribution in [0, 0.1) is 11.8 Å². The maximum Gasteiger partial charge on any atom is 0.0402 e. The molecule has 0 aliphatic rings. The van der Waals surface area contributed by atoms with Crippen molar-refractivity contribution in [3.63, 3.8) is 0 Å². The van der Waals surface area contributed by atoms with E-state index in [1.54, 1.807) is 0 Å². The van der Waals surface area contributed by atoms with E-state index in [4.69, 9.17) is 11.5 Å². The maximum absolute atomic E-state index is 6.33. The maximum atomic E-state index is 6.33. The first kappa shape index (κ1) is 14.9. The Bertz CT molecular complexity index is 394. The second-order valence-corrected chi connectivity index (χ2v) is 6.27. The third kappa shape index (κ3) is 3.66. The van der Waals surface area contributed by atoms with Gasteiger partial charge in [0.1, 0.15) is 0 Å². The zero-order chi connectivity index (χ0) is 13.9. The van der Waals surface area contributed by atoms with Crippen LogP contribution in [0.5, 0.6) is 0 Å². The van der Waals surface area contributed by atoms with Crippen LogP contribution in [0.2, 0.25) is 0 Å². The van der Waals surface area contributed by atoms with Crippen LogP contribution in [-0.4, -0.2) is 0 Å². The predicted octanol–water partition coefficient (Wildman–Crippen LogP) is 4.20. The Morgan fingerprint density at radius 1 is 0.944 bits per heavy atom. The third-order valence-electron chi connectivity index (χ3n) is 3.36. The van der Waals surface area contributed by atoms with Gasteiger partial charge in [-0.15, -0.1) is 0 Å².